The highest BCUT2D eigenvalue weighted by molar-refractivity contribution is 8.77. The van der Waals surface area contributed by atoms with Crippen molar-refractivity contribution in [3.05, 3.63) is 33.1 Å². The summed E-state index contributed by atoms with van der Waals surface area (Å²) >= 11 is 0. The Morgan fingerprint density at radius 2 is 1.94 bits per heavy atom. The van der Waals surface area contributed by atoms with Gasteiger partial charge in [-0.1, -0.05) is 49.3 Å². The third-order valence-corrected chi connectivity index (χ3v) is 11.3. The number of nitrogens with one attached hydrogen (secondary N) is 1. The molecule has 1 aliphatic heterocycles. The molecule has 0 spiro atoms. The van der Waals surface area contributed by atoms with Gasteiger partial charge in [0.2, 0.25) is 0 Å². The molecule has 36 heavy (non-hydrogen) atoms. The number of hydrogen-bond donors (Lipinski definition) is 1. The van der Waals surface area contributed by atoms with Gasteiger partial charge in [0.05, 0.1) is 12.7 Å². The molecule has 0 aliphatic carbocycles. The highest BCUT2D eigenvalue weighted by Gasteiger charge is 2.47. The Morgan fingerprint density at radius 1 is 1.28 bits per heavy atom. The maximum atomic E-state index is 15.7. The number of nitrogens with zero attached hydrogens (tertiary/aromatic N) is 2. The van der Waals surface area contributed by atoms with E-state index in [0.29, 0.717) is 11.9 Å². The van der Waals surface area contributed by atoms with Gasteiger partial charge in [0.15, 0.2) is 12.4 Å². The van der Waals surface area contributed by atoms with Gasteiger partial charge in [-0.3, -0.25) is 14.3 Å². The number of halogens is 1. The molecule has 1 aliphatic rings. The summed E-state index contributed by atoms with van der Waals surface area (Å²) in [5.74, 6) is 0. The third-order valence-electron chi connectivity index (χ3n) is 5.27. The van der Waals surface area contributed by atoms with Gasteiger partial charge < -0.3 is 13.8 Å². The van der Waals surface area contributed by atoms with Crippen LogP contribution in [0.4, 0.5) is 4.39 Å². The second-order valence-electron chi connectivity index (χ2n) is 10.5. The Labute approximate surface area is 225 Å². The molecule has 2 rings (SSSR count). The summed E-state index contributed by atoms with van der Waals surface area (Å²) < 4.78 is 45.2. The second kappa shape index (κ2) is 14.1. The van der Waals surface area contributed by atoms with Gasteiger partial charge >= 0.3 is 5.69 Å². The number of aromatic amines is 1. The van der Waals surface area contributed by atoms with Gasteiger partial charge in [-0.25, -0.2) is 13.9 Å². The molecule has 1 aromatic rings. The average Bonchev–Trinajstić information content (AvgIpc) is 3.09. The molecular weight excluding hydrogens is 524 g/mol. The van der Waals surface area contributed by atoms with E-state index in [2.05, 4.69) is 37.3 Å². The van der Waals surface area contributed by atoms with Gasteiger partial charge in [0.1, 0.15) is 6.10 Å². The standard InChI is InChI=1S/C24H43FN3O5PS2/c1-15(2)28(16(3)4)34(31-14-10-11-17(5)35-36-24(7,8)9)33-21-18(6)32-22(20(21)25)27-13-12-19(29)26-23(27)30/h12-13,15-18,20-22H,10-11,14H2,1-9H3,(H,26,29,30)/t17?,18-,20+,21?,22-,34?/m1/s1/i6D. The van der Waals surface area contributed by atoms with Gasteiger partial charge in [0, 0.05) is 35.7 Å². The van der Waals surface area contributed by atoms with Crippen LogP contribution in [0.5, 0.6) is 0 Å². The molecular formula is C24H43FN3O5PS2. The van der Waals surface area contributed by atoms with Gasteiger partial charge in [-0.15, -0.1) is 0 Å². The number of hydrogen-bond acceptors (Lipinski definition) is 8. The lowest BCUT2D eigenvalue weighted by Gasteiger charge is -2.37. The van der Waals surface area contributed by atoms with Crippen LogP contribution >= 0.6 is 30.1 Å². The molecule has 208 valence electrons. The maximum absolute atomic E-state index is 15.7. The number of H-pyrrole nitrogens is 1. The highest BCUT2D eigenvalue weighted by Crippen LogP contribution is 2.50. The zero-order valence-corrected chi connectivity index (χ0v) is 25.1. The summed E-state index contributed by atoms with van der Waals surface area (Å²) in [4.78, 5) is 25.8. The normalized spacial score (nSPS) is 25.1. The molecule has 1 saturated heterocycles. The molecule has 1 N–H and O–H groups in total. The highest BCUT2D eigenvalue weighted by atomic mass is 33.1. The third kappa shape index (κ3) is 9.40. The lowest BCUT2D eigenvalue weighted by molar-refractivity contribution is -0.0180. The minimum absolute atomic E-state index is 0.0798. The van der Waals surface area contributed by atoms with E-state index < -0.39 is 44.4 Å². The Kier molecular flexibility index (Phi) is 11.8. The van der Waals surface area contributed by atoms with Crippen LogP contribution in [0.2, 0.25) is 0 Å². The number of rotatable bonds is 13. The maximum Gasteiger partial charge on any atom is 0.330 e. The quantitative estimate of drug-likeness (QED) is 0.179. The summed E-state index contributed by atoms with van der Waals surface area (Å²) in [5.41, 5.74) is -1.35. The van der Waals surface area contributed by atoms with Crippen LogP contribution in [0.15, 0.2) is 21.9 Å². The van der Waals surface area contributed by atoms with Crippen molar-refractivity contribution in [2.45, 2.75) is 122 Å². The Hall–Kier alpha value is -0.420. The molecule has 8 nitrogen and oxygen atoms in total. The Bertz CT molecular complexity index is 940. The van der Waals surface area contributed by atoms with Crippen molar-refractivity contribution in [1.29, 1.82) is 0 Å². The lowest BCUT2D eigenvalue weighted by atomic mass is 10.2. The van der Waals surface area contributed by atoms with Crippen LogP contribution in [-0.4, -0.2) is 61.3 Å². The predicted molar refractivity (Wildman–Crippen MR) is 149 cm³/mol. The predicted octanol–water partition coefficient (Wildman–Crippen LogP) is 5.89. The van der Waals surface area contributed by atoms with Crippen molar-refractivity contribution in [3.8, 4) is 0 Å². The molecule has 1 fully saturated rings. The van der Waals surface area contributed by atoms with E-state index in [0.717, 1.165) is 23.5 Å². The number of alkyl halides is 1. The summed E-state index contributed by atoms with van der Waals surface area (Å²) in [7, 11) is 2.09. The SMILES string of the molecule is [2H]C[C@H]1O[C@@H](n2ccc(=O)[nH]c2=O)[C@@H](F)C1OP(OCCCC(C)SSC(C)(C)C)N(C(C)C)C(C)C. The average molecular weight is 569 g/mol. The second-order valence-corrected chi connectivity index (χ2v) is 15.4. The van der Waals surface area contributed by atoms with Gasteiger partial charge in [-0.2, -0.15) is 0 Å². The van der Waals surface area contributed by atoms with E-state index in [1.807, 2.05) is 49.3 Å². The zero-order chi connectivity index (χ0) is 27.9. The minimum atomic E-state index is -1.72. The van der Waals surface area contributed by atoms with Crippen molar-refractivity contribution in [2.75, 3.05) is 6.61 Å². The smallest absolute Gasteiger partial charge is 0.330 e. The molecule has 12 heteroatoms. The van der Waals surface area contributed by atoms with Crippen molar-refractivity contribution in [3.63, 3.8) is 0 Å². The topological polar surface area (TPSA) is 85.8 Å². The van der Waals surface area contributed by atoms with Crippen LogP contribution in [0.1, 0.15) is 82.7 Å². The van der Waals surface area contributed by atoms with Crippen molar-refractivity contribution in [2.24, 2.45) is 0 Å². The van der Waals surface area contributed by atoms with Crippen LogP contribution in [0, 0.1) is 0 Å². The first-order valence-electron chi connectivity index (χ1n) is 13.1. The fraction of sp³-hybridized carbons (Fsp3) is 0.833. The van der Waals surface area contributed by atoms with E-state index >= 15 is 4.39 Å². The van der Waals surface area contributed by atoms with E-state index in [-0.39, 0.29) is 23.7 Å². The molecule has 0 bridgehead atoms. The van der Waals surface area contributed by atoms with Crippen LogP contribution in [-0.2, 0) is 13.8 Å². The van der Waals surface area contributed by atoms with E-state index in [4.69, 9.17) is 15.2 Å². The molecule has 6 atom stereocenters. The molecule has 0 aromatic carbocycles. The van der Waals surface area contributed by atoms with Gasteiger partial charge in [-0.05, 0) is 47.4 Å². The number of aromatic nitrogens is 2. The fourth-order valence-corrected chi connectivity index (χ4v) is 7.85. The monoisotopic (exact) mass is 568 g/mol. The van der Waals surface area contributed by atoms with E-state index in [1.165, 1.54) is 6.20 Å². The first-order valence-corrected chi connectivity index (χ1v) is 15.7. The molecule has 1 aromatic heterocycles. The summed E-state index contributed by atoms with van der Waals surface area (Å²) in [6, 6.07) is 1.29. The van der Waals surface area contributed by atoms with Crippen molar-refractivity contribution in [1.82, 2.24) is 14.2 Å². The first kappa shape index (κ1) is 30.1. The van der Waals surface area contributed by atoms with Crippen LogP contribution < -0.4 is 11.2 Å². The minimum Gasteiger partial charge on any atom is -0.349 e. The lowest BCUT2D eigenvalue weighted by Crippen LogP contribution is -2.38. The van der Waals surface area contributed by atoms with Crippen molar-refractivity contribution < 1.29 is 19.5 Å². The molecule has 0 saturated carbocycles. The first-order chi connectivity index (χ1) is 17.2. The largest absolute Gasteiger partial charge is 0.349 e. The van der Waals surface area contributed by atoms with Crippen molar-refractivity contribution >= 4 is 30.1 Å². The molecule has 0 radical (unpaired) electrons. The summed E-state index contributed by atoms with van der Waals surface area (Å²) in [6.07, 6.45) is -1.99. The molecule has 2 heterocycles. The fourth-order valence-electron chi connectivity index (χ4n) is 3.69. The van der Waals surface area contributed by atoms with Crippen LogP contribution in [0.3, 0.4) is 0 Å². The molecule has 0 amide bonds. The van der Waals surface area contributed by atoms with E-state index in [9.17, 15) is 9.59 Å². The summed E-state index contributed by atoms with van der Waals surface area (Å²) in [5, 5.41) is 0.466. The molecule has 3 unspecified atom stereocenters. The Balaban J connectivity index is 2.13. The van der Waals surface area contributed by atoms with E-state index in [1.54, 1.807) is 0 Å². The van der Waals surface area contributed by atoms with Crippen LogP contribution in [0.25, 0.3) is 0 Å². The summed E-state index contributed by atoms with van der Waals surface area (Å²) in [6.45, 7) is 17.2. The Morgan fingerprint density at radius 3 is 2.50 bits per heavy atom. The van der Waals surface area contributed by atoms with Gasteiger partial charge in [0.25, 0.3) is 14.1 Å². The zero-order valence-electron chi connectivity index (χ0n) is 23.6. The number of ether oxygens (including phenoxy) is 1.